The van der Waals surface area contributed by atoms with E-state index in [-0.39, 0.29) is 18.6 Å². The van der Waals surface area contributed by atoms with Gasteiger partial charge < -0.3 is 20.1 Å². The first-order valence-corrected chi connectivity index (χ1v) is 6.02. The third kappa shape index (κ3) is 2.68. The minimum atomic E-state index is -0.208. The molecule has 1 aromatic carbocycles. The summed E-state index contributed by atoms with van der Waals surface area (Å²) in [4.78, 5) is 13.5. The van der Waals surface area contributed by atoms with Crippen LogP contribution in [-0.2, 0) is 0 Å². The molecule has 18 heavy (non-hydrogen) atoms. The molecule has 0 aromatic heterocycles. The maximum Gasteiger partial charge on any atom is 0.321 e. The van der Waals surface area contributed by atoms with Crippen LogP contribution in [0, 0.1) is 5.92 Å². The largest absolute Gasteiger partial charge is 0.495 e. The fourth-order valence-electron chi connectivity index (χ4n) is 1.82. The molecule has 1 aliphatic rings. The van der Waals surface area contributed by atoms with Gasteiger partial charge in [-0.25, -0.2) is 4.79 Å². The van der Waals surface area contributed by atoms with Gasteiger partial charge in [0.2, 0.25) is 0 Å². The Morgan fingerprint density at radius 1 is 1.61 bits per heavy atom. The van der Waals surface area contributed by atoms with Gasteiger partial charge in [0.15, 0.2) is 0 Å². The van der Waals surface area contributed by atoms with Crippen LogP contribution in [-0.4, -0.2) is 42.8 Å². The molecule has 1 saturated heterocycles. The summed E-state index contributed by atoms with van der Waals surface area (Å²) in [5.74, 6) is 0.754. The normalized spacial score (nSPS) is 15.2. The van der Waals surface area contributed by atoms with Crippen molar-refractivity contribution >= 4 is 23.3 Å². The van der Waals surface area contributed by atoms with Crippen molar-refractivity contribution in [2.24, 2.45) is 5.92 Å². The molecule has 2 amide bonds. The molecule has 0 atom stereocenters. The predicted molar refractivity (Wildman–Crippen MR) is 69.2 cm³/mol. The van der Waals surface area contributed by atoms with E-state index in [0.29, 0.717) is 29.5 Å². The fourth-order valence-corrected chi connectivity index (χ4v) is 2.00. The molecule has 1 heterocycles. The molecule has 0 radical (unpaired) electrons. The number of hydrogen-bond donors (Lipinski definition) is 2. The highest BCUT2D eigenvalue weighted by Gasteiger charge is 2.30. The average Bonchev–Trinajstić information content (AvgIpc) is 2.28. The van der Waals surface area contributed by atoms with Crippen LogP contribution in [0.25, 0.3) is 0 Å². The third-order valence-corrected chi connectivity index (χ3v) is 3.14. The van der Waals surface area contributed by atoms with Crippen molar-refractivity contribution in [1.29, 1.82) is 0 Å². The number of aliphatic hydroxyl groups is 1. The molecule has 1 aromatic rings. The number of halogens is 1. The number of benzene rings is 1. The summed E-state index contributed by atoms with van der Waals surface area (Å²) in [6, 6.07) is 4.83. The second-order valence-electron chi connectivity index (χ2n) is 4.23. The zero-order valence-corrected chi connectivity index (χ0v) is 10.8. The number of aliphatic hydroxyl groups excluding tert-OH is 1. The van der Waals surface area contributed by atoms with E-state index in [2.05, 4.69) is 5.32 Å². The molecule has 0 saturated carbocycles. The van der Waals surface area contributed by atoms with Gasteiger partial charge in [-0.05, 0) is 18.2 Å². The van der Waals surface area contributed by atoms with Crippen LogP contribution >= 0.6 is 11.6 Å². The highest BCUT2D eigenvalue weighted by atomic mass is 35.5. The van der Waals surface area contributed by atoms with Gasteiger partial charge in [0.25, 0.3) is 0 Å². The van der Waals surface area contributed by atoms with Crippen molar-refractivity contribution < 1.29 is 14.6 Å². The van der Waals surface area contributed by atoms with Crippen molar-refractivity contribution in [2.75, 3.05) is 32.1 Å². The maximum atomic E-state index is 11.9. The van der Waals surface area contributed by atoms with E-state index < -0.39 is 0 Å². The van der Waals surface area contributed by atoms with Gasteiger partial charge in [0.1, 0.15) is 5.75 Å². The van der Waals surface area contributed by atoms with Crippen LogP contribution in [0.3, 0.4) is 0 Å². The first-order chi connectivity index (χ1) is 8.63. The number of urea groups is 1. The summed E-state index contributed by atoms with van der Waals surface area (Å²) in [5, 5.41) is 12.2. The SMILES string of the molecule is COc1ccc(Cl)cc1NC(=O)N1CC(CO)C1. The lowest BCUT2D eigenvalue weighted by atomic mass is 10.0. The van der Waals surface area contributed by atoms with Gasteiger partial charge in [0.05, 0.1) is 12.8 Å². The zero-order valence-electron chi connectivity index (χ0n) is 10.0. The number of ether oxygens (including phenoxy) is 1. The number of nitrogens with one attached hydrogen (secondary N) is 1. The molecule has 2 rings (SSSR count). The number of carbonyl (C=O) groups excluding carboxylic acids is 1. The van der Waals surface area contributed by atoms with Gasteiger partial charge in [0, 0.05) is 30.6 Å². The number of hydrogen-bond acceptors (Lipinski definition) is 3. The van der Waals surface area contributed by atoms with Crippen LogP contribution < -0.4 is 10.1 Å². The molecule has 0 aliphatic carbocycles. The van der Waals surface area contributed by atoms with E-state index in [4.69, 9.17) is 21.4 Å². The Morgan fingerprint density at radius 2 is 2.33 bits per heavy atom. The minimum Gasteiger partial charge on any atom is -0.495 e. The highest BCUT2D eigenvalue weighted by Crippen LogP contribution is 2.28. The molecule has 5 nitrogen and oxygen atoms in total. The van der Waals surface area contributed by atoms with E-state index in [1.807, 2.05) is 0 Å². The summed E-state index contributed by atoms with van der Waals surface area (Å²) in [6.07, 6.45) is 0. The Hall–Kier alpha value is -1.46. The lowest BCUT2D eigenvalue weighted by Crippen LogP contribution is -2.52. The summed E-state index contributed by atoms with van der Waals surface area (Å²) in [5.41, 5.74) is 0.544. The fraction of sp³-hybridized carbons (Fsp3) is 0.417. The molecular formula is C12H15ClN2O3. The van der Waals surface area contributed by atoms with Crippen molar-refractivity contribution in [3.05, 3.63) is 23.2 Å². The van der Waals surface area contributed by atoms with Crippen LogP contribution in [0.1, 0.15) is 0 Å². The Labute approximate surface area is 110 Å². The summed E-state index contributed by atoms with van der Waals surface area (Å²) >= 11 is 5.88. The molecule has 2 N–H and O–H groups in total. The average molecular weight is 271 g/mol. The van der Waals surface area contributed by atoms with Crippen LogP contribution in [0.15, 0.2) is 18.2 Å². The number of likely N-dealkylation sites (tertiary alicyclic amines) is 1. The number of carbonyl (C=O) groups is 1. The third-order valence-electron chi connectivity index (χ3n) is 2.91. The van der Waals surface area contributed by atoms with E-state index >= 15 is 0 Å². The van der Waals surface area contributed by atoms with Gasteiger partial charge in [-0.2, -0.15) is 0 Å². The molecular weight excluding hydrogens is 256 g/mol. The Bertz CT molecular complexity index is 447. The second-order valence-corrected chi connectivity index (χ2v) is 4.66. The van der Waals surface area contributed by atoms with Gasteiger partial charge in [-0.1, -0.05) is 11.6 Å². The monoisotopic (exact) mass is 270 g/mol. The molecule has 0 bridgehead atoms. The predicted octanol–water partition coefficient (Wildman–Crippen LogP) is 1.80. The maximum absolute atomic E-state index is 11.9. The highest BCUT2D eigenvalue weighted by molar-refractivity contribution is 6.31. The van der Waals surface area contributed by atoms with Crippen molar-refractivity contribution in [3.8, 4) is 5.75 Å². The van der Waals surface area contributed by atoms with E-state index in [0.717, 1.165) is 0 Å². The summed E-state index contributed by atoms with van der Waals surface area (Å²) in [6.45, 7) is 1.26. The standard InChI is InChI=1S/C12H15ClN2O3/c1-18-11-3-2-9(13)4-10(11)14-12(17)15-5-8(6-15)7-16/h2-4,8,16H,5-7H2,1H3,(H,14,17). The molecule has 6 heteroatoms. The second kappa shape index (κ2) is 5.46. The lowest BCUT2D eigenvalue weighted by molar-refractivity contribution is 0.0838. The quantitative estimate of drug-likeness (QED) is 0.880. The summed E-state index contributed by atoms with van der Waals surface area (Å²) < 4.78 is 5.14. The molecule has 0 spiro atoms. The van der Waals surface area contributed by atoms with Gasteiger partial charge >= 0.3 is 6.03 Å². The van der Waals surface area contributed by atoms with E-state index in [1.54, 1.807) is 23.1 Å². The number of amides is 2. The molecule has 98 valence electrons. The van der Waals surface area contributed by atoms with Crippen molar-refractivity contribution in [3.63, 3.8) is 0 Å². The number of rotatable bonds is 3. The van der Waals surface area contributed by atoms with Crippen LogP contribution in [0.2, 0.25) is 5.02 Å². The van der Waals surface area contributed by atoms with Crippen molar-refractivity contribution in [2.45, 2.75) is 0 Å². The Morgan fingerprint density at radius 3 is 2.94 bits per heavy atom. The smallest absolute Gasteiger partial charge is 0.321 e. The van der Waals surface area contributed by atoms with E-state index in [1.165, 1.54) is 7.11 Å². The topological polar surface area (TPSA) is 61.8 Å². The molecule has 1 fully saturated rings. The number of nitrogens with zero attached hydrogens (tertiary/aromatic N) is 1. The first kappa shape index (κ1) is 13.0. The van der Waals surface area contributed by atoms with E-state index in [9.17, 15) is 4.79 Å². The Kier molecular flexibility index (Phi) is 3.93. The van der Waals surface area contributed by atoms with Crippen molar-refractivity contribution in [1.82, 2.24) is 4.90 Å². The number of anilines is 1. The molecule has 1 aliphatic heterocycles. The summed E-state index contributed by atoms with van der Waals surface area (Å²) in [7, 11) is 1.53. The van der Waals surface area contributed by atoms with Gasteiger partial charge in [-0.15, -0.1) is 0 Å². The zero-order chi connectivity index (χ0) is 13.1. The first-order valence-electron chi connectivity index (χ1n) is 5.64. The minimum absolute atomic E-state index is 0.115. The van der Waals surface area contributed by atoms with Crippen LogP contribution in [0.5, 0.6) is 5.75 Å². The Balaban J connectivity index is 2.01. The molecule has 0 unspecified atom stereocenters. The number of methoxy groups -OCH3 is 1. The lowest BCUT2D eigenvalue weighted by Gasteiger charge is -2.38. The van der Waals surface area contributed by atoms with Gasteiger partial charge in [-0.3, -0.25) is 0 Å². The van der Waals surface area contributed by atoms with Crippen LogP contribution in [0.4, 0.5) is 10.5 Å².